The van der Waals surface area contributed by atoms with E-state index < -0.39 is 11.9 Å². The second-order valence-electron chi connectivity index (χ2n) is 6.16. The summed E-state index contributed by atoms with van der Waals surface area (Å²) in [5.74, 6) is 0.515. The van der Waals surface area contributed by atoms with Crippen molar-refractivity contribution in [2.45, 2.75) is 45.3 Å². The third-order valence-electron chi connectivity index (χ3n) is 4.64. The van der Waals surface area contributed by atoms with Crippen molar-refractivity contribution in [2.24, 2.45) is 17.5 Å². The molecule has 1 aliphatic rings. The number of guanidine groups is 1. The number of aromatic nitrogens is 2. The van der Waals surface area contributed by atoms with Gasteiger partial charge >= 0.3 is 6.18 Å². The van der Waals surface area contributed by atoms with E-state index in [0.717, 1.165) is 13.0 Å². The lowest BCUT2D eigenvalue weighted by Crippen LogP contribution is -2.46. The largest absolute Gasteiger partial charge is 0.435 e. The quantitative estimate of drug-likeness (QED) is 0.644. The molecule has 2 rings (SSSR count). The highest BCUT2D eigenvalue weighted by atomic mass is 19.4. The van der Waals surface area contributed by atoms with Gasteiger partial charge in [0.1, 0.15) is 0 Å². The molecule has 23 heavy (non-hydrogen) atoms. The highest BCUT2D eigenvalue weighted by molar-refractivity contribution is 5.79. The van der Waals surface area contributed by atoms with Crippen LogP contribution in [-0.2, 0) is 19.8 Å². The fraction of sp³-hybridized carbons (Fsp3) is 0.733. The van der Waals surface area contributed by atoms with Crippen LogP contribution in [0, 0.1) is 5.41 Å². The zero-order chi connectivity index (χ0) is 17.1. The number of alkyl halides is 3. The third-order valence-corrected chi connectivity index (χ3v) is 4.64. The molecule has 1 aliphatic carbocycles. The van der Waals surface area contributed by atoms with Gasteiger partial charge in [-0.3, -0.25) is 9.67 Å². The molecule has 0 radical (unpaired) electrons. The maximum atomic E-state index is 12.9. The average molecular weight is 331 g/mol. The first-order valence-corrected chi connectivity index (χ1v) is 7.84. The summed E-state index contributed by atoms with van der Waals surface area (Å²) < 4.78 is 39.9. The summed E-state index contributed by atoms with van der Waals surface area (Å²) in [5.41, 5.74) is -0.438. The number of aliphatic imine (C=N–C) groups is 1. The first-order chi connectivity index (χ1) is 10.8. The van der Waals surface area contributed by atoms with E-state index in [4.69, 9.17) is 0 Å². The maximum absolute atomic E-state index is 12.9. The fourth-order valence-electron chi connectivity index (χ4n) is 2.91. The Morgan fingerprint density at radius 1 is 1.39 bits per heavy atom. The summed E-state index contributed by atoms with van der Waals surface area (Å²) in [5, 5.41) is 9.67. The van der Waals surface area contributed by atoms with Crippen molar-refractivity contribution >= 4 is 5.96 Å². The van der Waals surface area contributed by atoms with Crippen molar-refractivity contribution in [1.82, 2.24) is 20.4 Å². The Morgan fingerprint density at radius 2 is 2.09 bits per heavy atom. The number of hydrogen-bond acceptors (Lipinski definition) is 2. The molecule has 0 atom stereocenters. The molecule has 8 heteroatoms. The van der Waals surface area contributed by atoms with Crippen molar-refractivity contribution < 1.29 is 13.2 Å². The van der Waals surface area contributed by atoms with E-state index in [0.29, 0.717) is 11.4 Å². The summed E-state index contributed by atoms with van der Waals surface area (Å²) >= 11 is 0. The van der Waals surface area contributed by atoms with E-state index in [9.17, 15) is 13.2 Å². The van der Waals surface area contributed by atoms with Gasteiger partial charge in [-0.2, -0.15) is 18.3 Å². The lowest BCUT2D eigenvalue weighted by Gasteiger charge is -2.41. The predicted molar refractivity (Wildman–Crippen MR) is 83.0 cm³/mol. The van der Waals surface area contributed by atoms with Gasteiger partial charge in [0.05, 0.1) is 0 Å². The van der Waals surface area contributed by atoms with Crippen LogP contribution in [0.4, 0.5) is 13.2 Å². The van der Waals surface area contributed by atoms with E-state index >= 15 is 0 Å². The van der Waals surface area contributed by atoms with E-state index in [1.165, 1.54) is 37.2 Å². The topological polar surface area (TPSA) is 54.2 Å². The van der Waals surface area contributed by atoms with Crippen LogP contribution in [0.25, 0.3) is 0 Å². The molecule has 2 N–H and O–H groups in total. The predicted octanol–water partition coefficient (Wildman–Crippen LogP) is 2.68. The molecule has 0 spiro atoms. The summed E-state index contributed by atoms with van der Waals surface area (Å²) in [6.45, 7) is 2.99. The molecule has 0 saturated heterocycles. The van der Waals surface area contributed by atoms with Crippen LogP contribution in [0.3, 0.4) is 0 Å². The second kappa shape index (κ2) is 6.80. The molecule has 130 valence electrons. The van der Waals surface area contributed by atoms with Gasteiger partial charge in [0, 0.05) is 38.9 Å². The molecule has 0 amide bonds. The third kappa shape index (κ3) is 4.17. The van der Waals surface area contributed by atoms with Crippen molar-refractivity contribution in [3.8, 4) is 0 Å². The lowest BCUT2D eigenvalue weighted by atomic mass is 9.67. The number of aryl methyl sites for hydroxylation is 1. The average Bonchev–Trinajstić information content (AvgIpc) is 2.82. The zero-order valence-corrected chi connectivity index (χ0v) is 13.8. The van der Waals surface area contributed by atoms with Gasteiger partial charge < -0.3 is 10.6 Å². The van der Waals surface area contributed by atoms with Gasteiger partial charge in [-0.1, -0.05) is 13.3 Å². The highest BCUT2D eigenvalue weighted by Gasteiger charge is 2.37. The monoisotopic (exact) mass is 331 g/mol. The van der Waals surface area contributed by atoms with Crippen molar-refractivity contribution in [3.05, 3.63) is 17.5 Å². The molecule has 1 saturated carbocycles. The minimum absolute atomic E-state index is 0.0292. The highest BCUT2D eigenvalue weighted by Crippen LogP contribution is 2.43. The van der Waals surface area contributed by atoms with Gasteiger partial charge in [0.15, 0.2) is 11.7 Å². The van der Waals surface area contributed by atoms with Crippen LogP contribution in [0.2, 0.25) is 0 Å². The van der Waals surface area contributed by atoms with Crippen molar-refractivity contribution in [1.29, 1.82) is 0 Å². The Hall–Kier alpha value is -1.73. The summed E-state index contributed by atoms with van der Waals surface area (Å²) in [4.78, 5) is 4.08. The Morgan fingerprint density at radius 3 is 2.57 bits per heavy atom. The van der Waals surface area contributed by atoms with E-state index in [2.05, 4.69) is 27.6 Å². The number of nitrogens with zero attached hydrogens (tertiary/aromatic N) is 3. The van der Waals surface area contributed by atoms with Gasteiger partial charge in [0.2, 0.25) is 0 Å². The van der Waals surface area contributed by atoms with Gasteiger partial charge in [0.25, 0.3) is 0 Å². The molecule has 0 bridgehead atoms. The minimum Gasteiger partial charge on any atom is -0.356 e. The standard InChI is InChI=1S/C15H24F3N5/c1-4-14(6-5-7-14)10-21-13(19-2)20-8-11-9-23(3)22-12(11)15(16,17)18/h9H,4-8,10H2,1-3H3,(H2,19,20,21). The maximum Gasteiger partial charge on any atom is 0.435 e. The molecule has 5 nitrogen and oxygen atoms in total. The van der Waals surface area contributed by atoms with E-state index in [1.54, 1.807) is 7.05 Å². The molecule has 1 aromatic rings. The number of rotatable bonds is 5. The summed E-state index contributed by atoms with van der Waals surface area (Å²) in [7, 11) is 3.09. The summed E-state index contributed by atoms with van der Waals surface area (Å²) in [6.07, 6.45) is 1.64. The van der Waals surface area contributed by atoms with Crippen LogP contribution in [0.1, 0.15) is 43.9 Å². The zero-order valence-electron chi connectivity index (χ0n) is 13.8. The van der Waals surface area contributed by atoms with Crippen molar-refractivity contribution in [2.75, 3.05) is 13.6 Å². The lowest BCUT2D eigenvalue weighted by molar-refractivity contribution is -0.142. The van der Waals surface area contributed by atoms with Crippen LogP contribution >= 0.6 is 0 Å². The van der Waals surface area contributed by atoms with Gasteiger partial charge in [-0.15, -0.1) is 0 Å². The molecular formula is C15H24F3N5. The molecular weight excluding hydrogens is 307 g/mol. The van der Waals surface area contributed by atoms with Crippen LogP contribution < -0.4 is 10.6 Å². The molecule has 0 unspecified atom stereocenters. The first kappa shape index (κ1) is 17.6. The second-order valence-corrected chi connectivity index (χ2v) is 6.16. The summed E-state index contributed by atoms with van der Waals surface area (Å²) in [6, 6.07) is 0. The number of hydrogen-bond donors (Lipinski definition) is 2. The van der Waals surface area contributed by atoms with Crippen molar-refractivity contribution in [3.63, 3.8) is 0 Å². The number of halogens is 3. The molecule has 0 aliphatic heterocycles. The molecule has 1 fully saturated rings. The normalized spacial score (nSPS) is 17.7. The van der Waals surface area contributed by atoms with Crippen LogP contribution in [-0.4, -0.2) is 29.3 Å². The Balaban J connectivity index is 1.94. The fourth-order valence-corrected chi connectivity index (χ4v) is 2.91. The molecule has 0 aromatic carbocycles. The number of nitrogens with one attached hydrogen (secondary N) is 2. The van der Waals surface area contributed by atoms with Crippen LogP contribution in [0.15, 0.2) is 11.2 Å². The molecule has 1 aromatic heterocycles. The van der Waals surface area contributed by atoms with E-state index in [1.807, 2.05) is 0 Å². The van der Waals surface area contributed by atoms with Crippen LogP contribution in [0.5, 0.6) is 0 Å². The van der Waals surface area contributed by atoms with E-state index in [-0.39, 0.29) is 12.1 Å². The Kier molecular flexibility index (Phi) is 5.21. The first-order valence-electron chi connectivity index (χ1n) is 7.84. The Bertz CT molecular complexity index is 552. The molecule has 1 heterocycles. The Labute approximate surface area is 134 Å². The SMILES string of the molecule is CCC1(CNC(=NC)NCc2cn(C)nc2C(F)(F)F)CCC1. The smallest absolute Gasteiger partial charge is 0.356 e. The minimum atomic E-state index is -4.45. The van der Waals surface area contributed by atoms with Gasteiger partial charge in [-0.05, 0) is 24.7 Å². The van der Waals surface area contributed by atoms with Gasteiger partial charge in [-0.25, -0.2) is 0 Å².